The van der Waals surface area contributed by atoms with Gasteiger partial charge in [-0.1, -0.05) is 159 Å². The first-order valence-corrected chi connectivity index (χ1v) is 20.5. The SMILES string of the molecule is CC1(C)c2ccccc2-c2ccc(N(c3ccc4c(c3)Oc3cc5ccccc5cc3-c3ccc(-c5ccccc5)cc3-4)c3cc4ccccc4c4ccccc34)cc21. The first-order chi connectivity index (χ1) is 29.0. The van der Waals surface area contributed by atoms with Crippen molar-refractivity contribution in [1.82, 2.24) is 0 Å². The van der Waals surface area contributed by atoms with E-state index in [0.29, 0.717) is 0 Å². The minimum absolute atomic E-state index is 0.150. The highest BCUT2D eigenvalue weighted by Gasteiger charge is 2.36. The van der Waals surface area contributed by atoms with Crippen molar-refractivity contribution in [2.24, 2.45) is 0 Å². The number of ether oxygens (including phenoxy) is 1. The summed E-state index contributed by atoms with van der Waals surface area (Å²) in [6.07, 6.45) is 0. The Bertz CT molecular complexity index is 3340. The molecule has 0 fully saturated rings. The number of hydrogen-bond donors (Lipinski definition) is 0. The summed E-state index contributed by atoms with van der Waals surface area (Å²) in [5.74, 6) is 1.68. The zero-order valence-corrected chi connectivity index (χ0v) is 32.9. The van der Waals surface area contributed by atoms with E-state index in [1.54, 1.807) is 0 Å². The van der Waals surface area contributed by atoms with Crippen molar-refractivity contribution >= 4 is 49.4 Å². The van der Waals surface area contributed by atoms with Crippen LogP contribution >= 0.6 is 0 Å². The quantitative estimate of drug-likeness (QED) is 0.166. The maximum atomic E-state index is 7.18. The highest BCUT2D eigenvalue weighted by atomic mass is 16.5. The van der Waals surface area contributed by atoms with Gasteiger partial charge in [0.05, 0.1) is 5.69 Å². The average Bonchev–Trinajstić information content (AvgIpc) is 3.42. The Morgan fingerprint density at radius 1 is 0.356 bits per heavy atom. The second-order valence-corrected chi connectivity index (χ2v) is 16.5. The minimum Gasteiger partial charge on any atom is -0.456 e. The molecule has 59 heavy (non-hydrogen) atoms. The molecule has 1 aliphatic carbocycles. The lowest BCUT2D eigenvalue weighted by molar-refractivity contribution is 0.488. The van der Waals surface area contributed by atoms with Gasteiger partial charge in [-0.2, -0.15) is 0 Å². The Balaban J connectivity index is 1.12. The van der Waals surface area contributed by atoms with Gasteiger partial charge in [-0.25, -0.2) is 0 Å². The highest BCUT2D eigenvalue weighted by Crippen LogP contribution is 2.54. The third-order valence-electron chi connectivity index (χ3n) is 12.8. The second kappa shape index (κ2) is 12.8. The van der Waals surface area contributed by atoms with Crippen LogP contribution in [0.4, 0.5) is 17.1 Å². The molecule has 2 nitrogen and oxygen atoms in total. The summed E-state index contributed by atoms with van der Waals surface area (Å²) in [6.45, 7) is 4.71. The topological polar surface area (TPSA) is 12.5 Å². The Morgan fingerprint density at radius 2 is 0.966 bits per heavy atom. The Labute approximate surface area is 344 Å². The van der Waals surface area contributed by atoms with Gasteiger partial charge >= 0.3 is 0 Å². The van der Waals surface area contributed by atoms with E-state index in [-0.39, 0.29) is 5.41 Å². The Kier molecular flexibility index (Phi) is 7.31. The van der Waals surface area contributed by atoms with E-state index < -0.39 is 0 Å². The number of rotatable bonds is 4. The van der Waals surface area contributed by atoms with Crippen molar-refractivity contribution in [2.45, 2.75) is 19.3 Å². The van der Waals surface area contributed by atoms with Crippen LogP contribution in [0, 0.1) is 0 Å². The largest absolute Gasteiger partial charge is 0.456 e. The average molecular weight is 754 g/mol. The summed E-state index contributed by atoms with van der Waals surface area (Å²) in [6, 6.07) is 73.2. The lowest BCUT2D eigenvalue weighted by Crippen LogP contribution is -2.16. The monoisotopic (exact) mass is 753 g/mol. The molecule has 2 heteroatoms. The van der Waals surface area contributed by atoms with Crippen molar-refractivity contribution in [2.75, 3.05) is 4.90 Å². The molecule has 12 rings (SSSR count). The molecule has 1 aliphatic heterocycles. The van der Waals surface area contributed by atoms with Crippen molar-refractivity contribution < 1.29 is 4.74 Å². The summed E-state index contributed by atoms with van der Waals surface area (Å²) >= 11 is 0. The van der Waals surface area contributed by atoms with Crippen molar-refractivity contribution in [3.63, 3.8) is 0 Å². The summed E-state index contributed by atoms with van der Waals surface area (Å²) < 4.78 is 7.18. The number of benzene rings is 10. The zero-order chi connectivity index (χ0) is 39.2. The van der Waals surface area contributed by atoms with Gasteiger partial charge in [-0.15, -0.1) is 0 Å². The smallest absolute Gasteiger partial charge is 0.137 e. The first-order valence-electron chi connectivity index (χ1n) is 20.5. The summed E-state index contributed by atoms with van der Waals surface area (Å²) in [5.41, 5.74) is 15.3. The molecule has 0 N–H and O–H groups in total. The standard InChI is InChI=1S/C57H39NO/c1-57(2)52-23-13-12-21-46(52)47-28-25-41(34-53(47)57)58(54-32-40-18-8-9-19-43(40)44-20-10-11-22-48(44)54)42-26-29-49-50-30-39(36-14-4-3-5-15-36)24-27-45(50)51-31-37-16-6-7-17-38(37)33-55(51)59-56(49)35-42/h3-35H,1-2H3. The lowest BCUT2D eigenvalue weighted by Gasteiger charge is -2.30. The second-order valence-electron chi connectivity index (χ2n) is 16.5. The highest BCUT2D eigenvalue weighted by molar-refractivity contribution is 6.15. The fraction of sp³-hybridized carbons (Fsp3) is 0.0526. The molecule has 10 aromatic carbocycles. The summed E-state index contributed by atoms with van der Waals surface area (Å²) in [7, 11) is 0. The van der Waals surface area contributed by atoms with Crippen molar-refractivity contribution in [1.29, 1.82) is 0 Å². The fourth-order valence-corrected chi connectivity index (χ4v) is 9.88. The van der Waals surface area contributed by atoms with Crippen molar-refractivity contribution in [3.05, 3.63) is 211 Å². The van der Waals surface area contributed by atoms with E-state index in [4.69, 9.17) is 4.74 Å². The molecule has 1 heterocycles. The third-order valence-corrected chi connectivity index (χ3v) is 12.8. The van der Waals surface area contributed by atoms with Gasteiger partial charge < -0.3 is 9.64 Å². The molecular weight excluding hydrogens is 715 g/mol. The molecule has 278 valence electrons. The third kappa shape index (κ3) is 5.20. The minimum atomic E-state index is -0.150. The molecule has 0 bridgehead atoms. The van der Waals surface area contributed by atoms with Gasteiger partial charge in [-0.3, -0.25) is 0 Å². The molecule has 10 aromatic rings. The summed E-state index contributed by atoms with van der Waals surface area (Å²) in [5, 5.41) is 7.22. The van der Waals surface area contributed by atoms with Crippen molar-refractivity contribution in [3.8, 4) is 56.0 Å². The van der Waals surface area contributed by atoms with Crippen LogP contribution in [-0.4, -0.2) is 0 Å². The van der Waals surface area contributed by atoms with E-state index >= 15 is 0 Å². The van der Waals surface area contributed by atoms with Crippen LogP contribution in [0.3, 0.4) is 0 Å². The van der Waals surface area contributed by atoms with Gasteiger partial charge in [-0.05, 0) is 120 Å². The van der Waals surface area contributed by atoms with Crippen LogP contribution in [-0.2, 0) is 5.41 Å². The van der Waals surface area contributed by atoms with Crippen LogP contribution in [0.15, 0.2) is 200 Å². The molecule has 0 saturated heterocycles. The molecule has 0 aromatic heterocycles. The number of anilines is 3. The fourth-order valence-electron chi connectivity index (χ4n) is 9.88. The molecule has 0 saturated carbocycles. The molecule has 0 unspecified atom stereocenters. The van der Waals surface area contributed by atoms with Gasteiger partial charge in [0.1, 0.15) is 11.5 Å². The van der Waals surface area contributed by atoms with Gasteiger partial charge in [0.25, 0.3) is 0 Å². The summed E-state index contributed by atoms with van der Waals surface area (Å²) in [4.78, 5) is 2.45. The number of nitrogens with zero attached hydrogens (tertiary/aromatic N) is 1. The van der Waals surface area contributed by atoms with E-state index in [0.717, 1.165) is 56.2 Å². The first kappa shape index (κ1) is 33.7. The maximum absolute atomic E-state index is 7.18. The normalized spacial score (nSPS) is 13.2. The van der Waals surface area contributed by atoms with Crippen LogP contribution in [0.1, 0.15) is 25.0 Å². The molecule has 0 amide bonds. The molecule has 0 radical (unpaired) electrons. The molecule has 0 atom stereocenters. The van der Waals surface area contributed by atoms with E-state index in [1.807, 2.05) is 0 Å². The van der Waals surface area contributed by atoms with Crippen LogP contribution in [0.5, 0.6) is 11.5 Å². The van der Waals surface area contributed by atoms with Gasteiger partial charge in [0, 0.05) is 39.4 Å². The van der Waals surface area contributed by atoms with Gasteiger partial charge in [0.2, 0.25) is 0 Å². The number of hydrogen-bond acceptors (Lipinski definition) is 2. The zero-order valence-electron chi connectivity index (χ0n) is 32.9. The Hall–Kier alpha value is -7.42. The van der Waals surface area contributed by atoms with Crippen LogP contribution < -0.4 is 9.64 Å². The van der Waals surface area contributed by atoms with E-state index in [9.17, 15) is 0 Å². The predicted octanol–water partition coefficient (Wildman–Crippen LogP) is 16.0. The number of fused-ring (bicyclic) bond motifs is 12. The van der Waals surface area contributed by atoms with E-state index in [1.165, 1.54) is 60.3 Å². The molecule has 2 aliphatic rings. The van der Waals surface area contributed by atoms with E-state index in [2.05, 4.69) is 219 Å². The predicted molar refractivity (Wildman–Crippen MR) is 248 cm³/mol. The Morgan fingerprint density at radius 3 is 1.80 bits per heavy atom. The lowest BCUT2D eigenvalue weighted by atomic mass is 9.82. The van der Waals surface area contributed by atoms with Gasteiger partial charge in [0.15, 0.2) is 0 Å². The van der Waals surface area contributed by atoms with Crippen LogP contribution in [0.25, 0.3) is 76.8 Å². The molecular formula is C57H39NO. The molecule has 0 spiro atoms. The van der Waals surface area contributed by atoms with Crippen LogP contribution in [0.2, 0.25) is 0 Å². The maximum Gasteiger partial charge on any atom is 0.137 e.